The van der Waals surface area contributed by atoms with Crippen molar-refractivity contribution in [2.45, 2.75) is 24.5 Å². The Morgan fingerprint density at radius 3 is 2.81 bits per heavy atom. The van der Waals surface area contributed by atoms with Gasteiger partial charge in [-0.25, -0.2) is 0 Å². The highest BCUT2D eigenvalue weighted by atomic mass is 32.2. The number of thioether (sulfide) groups is 1. The van der Waals surface area contributed by atoms with Gasteiger partial charge in [-0.1, -0.05) is 30.3 Å². The fourth-order valence-corrected chi connectivity index (χ4v) is 2.88. The third-order valence-electron chi connectivity index (χ3n) is 2.69. The summed E-state index contributed by atoms with van der Waals surface area (Å²) < 4.78 is 5.03. The van der Waals surface area contributed by atoms with E-state index >= 15 is 0 Å². The van der Waals surface area contributed by atoms with E-state index in [-0.39, 0.29) is 5.97 Å². The van der Waals surface area contributed by atoms with Crippen LogP contribution in [0.4, 0.5) is 0 Å². The molecular formula is C13H16O2S. The summed E-state index contributed by atoms with van der Waals surface area (Å²) in [6.07, 6.45) is 2.65. The van der Waals surface area contributed by atoms with Gasteiger partial charge in [-0.2, -0.15) is 11.8 Å². The number of hydrogen-bond donors (Lipinski definition) is 0. The van der Waals surface area contributed by atoms with Crippen LogP contribution in [-0.2, 0) is 16.0 Å². The van der Waals surface area contributed by atoms with Crippen molar-refractivity contribution in [2.75, 3.05) is 12.4 Å². The van der Waals surface area contributed by atoms with E-state index in [2.05, 4.69) is 24.3 Å². The van der Waals surface area contributed by atoms with E-state index in [0.717, 1.165) is 18.6 Å². The second-order valence-electron chi connectivity index (χ2n) is 3.95. The third-order valence-corrected chi connectivity index (χ3v) is 3.97. The molecule has 16 heavy (non-hydrogen) atoms. The zero-order chi connectivity index (χ0) is 11.2. The second kappa shape index (κ2) is 5.94. The van der Waals surface area contributed by atoms with E-state index in [1.807, 2.05) is 17.8 Å². The normalized spacial score (nSPS) is 20.5. The number of carbonyl (C=O) groups excluding carboxylic acids is 1. The topological polar surface area (TPSA) is 26.3 Å². The first-order valence-electron chi connectivity index (χ1n) is 5.66. The average molecular weight is 236 g/mol. The molecule has 2 nitrogen and oxygen atoms in total. The van der Waals surface area contributed by atoms with E-state index in [4.69, 9.17) is 4.74 Å². The number of esters is 1. The van der Waals surface area contributed by atoms with E-state index in [1.165, 1.54) is 5.56 Å². The first kappa shape index (κ1) is 11.5. The lowest BCUT2D eigenvalue weighted by molar-refractivity contribution is -0.146. The van der Waals surface area contributed by atoms with E-state index in [0.29, 0.717) is 18.3 Å². The summed E-state index contributed by atoms with van der Waals surface area (Å²) in [7, 11) is 0. The number of aryl methyl sites for hydroxylation is 1. The van der Waals surface area contributed by atoms with Gasteiger partial charge in [-0.3, -0.25) is 4.79 Å². The largest absolute Gasteiger partial charge is 0.464 e. The summed E-state index contributed by atoms with van der Waals surface area (Å²) >= 11 is 1.92. The summed E-state index contributed by atoms with van der Waals surface area (Å²) in [5.41, 5.74) is 1.38. The van der Waals surface area contributed by atoms with E-state index in [9.17, 15) is 4.79 Å². The van der Waals surface area contributed by atoms with Crippen LogP contribution in [0.1, 0.15) is 18.4 Å². The van der Waals surface area contributed by atoms with Crippen LogP contribution in [-0.4, -0.2) is 23.6 Å². The molecule has 1 aliphatic heterocycles. The van der Waals surface area contributed by atoms with Crippen molar-refractivity contribution in [1.82, 2.24) is 0 Å². The number of rotatable bonds is 4. The molecule has 0 saturated carbocycles. The summed E-state index contributed by atoms with van der Waals surface area (Å²) in [6, 6.07) is 10.5. The smallest absolute Gasteiger partial charge is 0.305 e. The summed E-state index contributed by atoms with van der Waals surface area (Å²) in [4.78, 5) is 10.9. The highest BCUT2D eigenvalue weighted by Crippen LogP contribution is 2.22. The predicted octanol–water partition coefficient (Wildman–Crippen LogP) is 2.67. The summed E-state index contributed by atoms with van der Waals surface area (Å²) in [6.45, 7) is 0.596. The van der Waals surface area contributed by atoms with E-state index < -0.39 is 0 Å². The second-order valence-corrected chi connectivity index (χ2v) is 5.36. The van der Waals surface area contributed by atoms with Crippen molar-refractivity contribution in [2.24, 2.45) is 0 Å². The first-order valence-corrected chi connectivity index (χ1v) is 6.70. The van der Waals surface area contributed by atoms with Gasteiger partial charge >= 0.3 is 5.97 Å². The van der Waals surface area contributed by atoms with Crippen LogP contribution in [0.3, 0.4) is 0 Å². The predicted molar refractivity (Wildman–Crippen MR) is 66.6 cm³/mol. The molecule has 0 aliphatic carbocycles. The maximum atomic E-state index is 10.9. The molecule has 0 N–H and O–H groups in total. The van der Waals surface area contributed by atoms with Gasteiger partial charge < -0.3 is 4.74 Å². The number of hydrogen-bond acceptors (Lipinski definition) is 3. The van der Waals surface area contributed by atoms with Gasteiger partial charge in [0.2, 0.25) is 0 Å². The Morgan fingerprint density at radius 2 is 2.12 bits per heavy atom. The molecule has 1 unspecified atom stereocenters. The molecule has 0 bridgehead atoms. The first-order chi connectivity index (χ1) is 7.84. The summed E-state index contributed by atoms with van der Waals surface area (Å²) in [5.74, 6) is 1.06. The number of cyclic esters (lactones) is 1. The van der Waals surface area contributed by atoms with Crippen molar-refractivity contribution in [3.05, 3.63) is 35.9 Å². The van der Waals surface area contributed by atoms with Crippen LogP contribution >= 0.6 is 11.8 Å². The van der Waals surface area contributed by atoms with Crippen molar-refractivity contribution in [1.29, 1.82) is 0 Å². The monoisotopic (exact) mass is 236 g/mol. The van der Waals surface area contributed by atoms with Crippen molar-refractivity contribution in [3.63, 3.8) is 0 Å². The van der Waals surface area contributed by atoms with Gasteiger partial charge in [0.1, 0.15) is 6.61 Å². The maximum absolute atomic E-state index is 10.9. The molecule has 86 valence electrons. The molecule has 0 radical (unpaired) electrons. The Labute approximate surface area is 100 Å². The Kier molecular flexibility index (Phi) is 4.28. The Morgan fingerprint density at radius 1 is 1.31 bits per heavy atom. The fraction of sp³-hybridized carbons (Fsp3) is 0.462. The Bertz CT molecular complexity index is 327. The van der Waals surface area contributed by atoms with Crippen molar-refractivity contribution in [3.8, 4) is 0 Å². The molecule has 1 aliphatic rings. The highest BCUT2D eigenvalue weighted by Gasteiger charge is 2.19. The zero-order valence-electron chi connectivity index (χ0n) is 9.22. The highest BCUT2D eigenvalue weighted by molar-refractivity contribution is 7.99. The number of carbonyl (C=O) groups is 1. The molecule has 0 aromatic heterocycles. The van der Waals surface area contributed by atoms with Crippen LogP contribution in [0.2, 0.25) is 0 Å². The van der Waals surface area contributed by atoms with Crippen LogP contribution in [0.25, 0.3) is 0 Å². The average Bonchev–Trinajstić information content (AvgIpc) is 2.33. The number of ether oxygens (including phenoxy) is 1. The van der Waals surface area contributed by atoms with Gasteiger partial charge in [0.25, 0.3) is 0 Å². The molecule has 1 saturated heterocycles. The van der Waals surface area contributed by atoms with Gasteiger partial charge in [0.15, 0.2) is 0 Å². The standard InChI is InChI=1S/C13H16O2S/c14-13-7-6-12(10-15-13)16-9-8-11-4-2-1-3-5-11/h1-5,12H,6-10H2. The maximum Gasteiger partial charge on any atom is 0.305 e. The van der Waals surface area contributed by atoms with Gasteiger partial charge in [-0.15, -0.1) is 0 Å². The third kappa shape index (κ3) is 3.56. The molecule has 1 fully saturated rings. The van der Waals surface area contributed by atoms with Gasteiger partial charge in [0.05, 0.1) is 0 Å². The molecule has 1 atom stereocenters. The SMILES string of the molecule is O=C1CCC(SCCc2ccccc2)CO1. The lowest BCUT2D eigenvalue weighted by atomic mass is 10.2. The molecule has 1 aromatic rings. The molecule has 2 rings (SSSR count). The Balaban J connectivity index is 1.67. The lowest BCUT2D eigenvalue weighted by Crippen LogP contribution is -2.23. The number of benzene rings is 1. The fourth-order valence-electron chi connectivity index (χ4n) is 1.74. The van der Waals surface area contributed by atoms with Crippen LogP contribution in [0, 0.1) is 0 Å². The van der Waals surface area contributed by atoms with Gasteiger partial charge in [-0.05, 0) is 24.2 Å². The van der Waals surface area contributed by atoms with E-state index in [1.54, 1.807) is 0 Å². The van der Waals surface area contributed by atoms with Crippen molar-refractivity contribution < 1.29 is 9.53 Å². The molecule has 0 amide bonds. The minimum atomic E-state index is -0.0418. The summed E-state index contributed by atoms with van der Waals surface area (Å²) in [5, 5.41) is 0.501. The van der Waals surface area contributed by atoms with Crippen LogP contribution in [0.5, 0.6) is 0 Å². The van der Waals surface area contributed by atoms with Crippen LogP contribution < -0.4 is 0 Å². The minimum absolute atomic E-state index is 0.0418. The molecule has 1 heterocycles. The molecule has 0 spiro atoms. The van der Waals surface area contributed by atoms with Gasteiger partial charge in [0, 0.05) is 11.7 Å². The van der Waals surface area contributed by atoms with Crippen LogP contribution in [0.15, 0.2) is 30.3 Å². The molecule has 1 aromatic carbocycles. The lowest BCUT2D eigenvalue weighted by Gasteiger charge is -2.20. The quantitative estimate of drug-likeness (QED) is 0.752. The molecular weight excluding hydrogens is 220 g/mol. The van der Waals surface area contributed by atoms with Crippen molar-refractivity contribution >= 4 is 17.7 Å². The molecule has 3 heteroatoms. The zero-order valence-corrected chi connectivity index (χ0v) is 10.0. The minimum Gasteiger partial charge on any atom is -0.464 e. The Hall–Kier alpha value is -0.960.